The van der Waals surface area contributed by atoms with Crippen molar-refractivity contribution in [1.29, 1.82) is 0 Å². The highest BCUT2D eigenvalue weighted by molar-refractivity contribution is 7.99. The van der Waals surface area contributed by atoms with Crippen LogP contribution in [0.15, 0.2) is 18.2 Å². The molecule has 2 N–H and O–H groups in total. The van der Waals surface area contributed by atoms with Crippen LogP contribution in [0.25, 0.3) is 0 Å². The number of halogens is 1. The Morgan fingerprint density at radius 1 is 1.41 bits per heavy atom. The number of aryl methyl sites for hydroxylation is 1. The smallest absolute Gasteiger partial charge is 0.0438 e. The molecule has 0 radical (unpaired) electrons. The van der Waals surface area contributed by atoms with Crippen molar-refractivity contribution in [1.82, 2.24) is 0 Å². The largest absolute Gasteiger partial charge is 0.324 e. The van der Waals surface area contributed by atoms with Gasteiger partial charge in [0.05, 0.1) is 0 Å². The first-order valence-electron chi connectivity index (χ1n) is 6.26. The summed E-state index contributed by atoms with van der Waals surface area (Å²) in [4.78, 5) is 0. The molecule has 0 bridgehead atoms. The number of hydrogen-bond donors (Lipinski definition) is 1. The van der Waals surface area contributed by atoms with Gasteiger partial charge in [0.25, 0.3) is 0 Å². The van der Waals surface area contributed by atoms with Gasteiger partial charge < -0.3 is 5.73 Å². The van der Waals surface area contributed by atoms with E-state index >= 15 is 0 Å². The van der Waals surface area contributed by atoms with Gasteiger partial charge in [0, 0.05) is 11.1 Å². The van der Waals surface area contributed by atoms with Gasteiger partial charge in [0.1, 0.15) is 0 Å². The van der Waals surface area contributed by atoms with E-state index in [0.29, 0.717) is 0 Å². The van der Waals surface area contributed by atoms with Crippen LogP contribution in [-0.4, -0.2) is 11.5 Å². The lowest BCUT2D eigenvalue weighted by Crippen LogP contribution is -2.18. The molecule has 1 saturated heterocycles. The second-order valence-corrected chi connectivity index (χ2v) is 6.54. The Kier molecular flexibility index (Phi) is 4.78. The fourth-order valence-electron chi connectivity index (χ4n) is 2.32. The van der Waals surface area contributed by atoms with Crippen molar-refractivity contribution in [2.45, 2.75) is 32.2 Å². The number of hydrogen-bond acceptors (Lipinski definition) is 2. The van der Waals surface area contributed by atoms with E-state index in [2.05, 4.69) is 23.9 Å². The Morgan fingerprint density at radius 2 is 2.12 bits per heavy atom. The fourth-order valence-corrected chi connectivity index (χ4v) is 3.71. The van der Waals surface area contributed by atoms with Gasteiger partial charge in [0.2, 0.25) is 0 Å². The first-order valence-corrected chi connectivity index (χ1v) is 7.79. The maximum Gasteiger partial charge on any atom is 0.0438 e. The molecule has 1 fully saturated rings. The lowest BCUT2D eigenvalue weighted by molar-refractivity contribution is 0.413. The molecule has 17 heavy (non-hydrogen) atoms. The number of rotatable bonds is 3. The van der Waals surface area contributed by atoms with Crippen LogP contribution in [0.2, 0.25) is 5.02 Å². The van der Waals surface area contributed by atoms with Gasteiger partial charge in [-0.15, -0.1) is 0 Å². The van der Waals surface area contributed by atoms with Crippen LogP contribution in [0, 0.1) is 12.8 Å². The van der Waals surface area contributed by atoms with Gasteiger partial charge in [-0.3, -0.25) is 0 Å². The van der Waals surface area contributed by atoms with Crippen LogP contribution in [0.5, 0.6) is 0 Å². The van der Waals surface area contributed by atoms with E-state index < -0.39 is 0 Å². The summed E-state index contributed by atoms with van der Waals surface area (Å²) in [5.74, 6) is 3.39. The molecule has 0 aromatic heterocycles. The summed E-state index contributed by atoms with van der Waals surface area (Å²) in [6.45, 7) is 2.02. The first kappa shape index (κ1) is 13.3. The van der Waals surface area contributed by atoms with Crippen LogP contribution >= 0.6 is 23.4 Å². The average Bonchev–Trinajstić information content (AvgIpc) is 2.34. The third-order valence-electron chi connectivity index (χ3n) is 3.55. The monoisotopic (exact) mass is 269 g/mol. The molecule has 1 aliphatic heterocycles. The topological polar surface area (TPSA) is 26.0 Å². The van der Waals surface area contributed by atoms with Gasteiger partial charge in [0.15, 0.2) is 0 Å². The van der Waals surface area contributed by atoms with Crippen LogP contribution < -0.4 is 5.73 Å². The predicted octanol–water partition coefficient (Wildman–Crippen LogP) is 4.18. The molecular formula is C14H20ClNS. The molecule has 0 aliphatic carbocycles. The van der Waals surface area contributed by atoms with E-state index in [1.165, 1.54) is 29.9 Å². The van der Waals surface area contributed by atoms with E-state index in [1.807, 2.05) is 13.0 Å². The maximum absolute atomic E-state index is 6.28. The molecule has 0 spiro atoms. The zero-order chi connectivity index (χ0) is 12.3. The van der Waals surface area contributed by atoms with E-state index in [-0.39, 0.29) is 6.04 Å². The number of benzene rings is 1. The summed E-state index contributed by atoms with van der Waals surface area (Å²) >= 11 is 8.21. The SMILES string of the molecule is Cc1ccc(C(N)CC2CCSCC2)cc1Cl. The minimum atomic E-state index is 0.140. The van der Waals surface area contributed by atoms with E-state index in [1.54, 1.807) is 0 Å². The number of thioether (sulfide) groups is 1. The minimum absolute atomic E-state index is 0.140. The van der Waals surface area contributed by atoms with E-state index in [0.717, 1.165) is 22.9 Å². The molecule has 2 rings (SSSR count). The molecule has 1 unspecified atom stereocenters. The molecular weight excluding hydrogens is 250 g/mol. The molecule has 1 aliphatic rings. The van der Waals surface area contributed by atoms with Crippen molar-refractivity contribution in [3.05, 3.63) is 34.3 Å². The molecule has 0 amide bonds. The highest BCUT2D eigenvalue weighted by Gasteiger charge is 2.18. The molecule has 0 saturated carbocycles. The van der Waals surface area contributed by atoms with Crippen LogP contribution in [0.3, 0.4) is 0 Å². The summed E-state index contributed by atoms with van der Waals surface area (Å²) in [6, 6.07) is 6.35. The van der Waals surface area contributed by atoms with Crippen LogP contribution in [0.1, 0.15) is 36.4 Å². The highest BCUT2D eigenvalue weighted by atomic mass is 35.5. The molecule has 1 aromatic carbocycles. The third-order valence-corrected chi connectivity index (χ3v) is 5.01. The second-order valence-electron chi connectivity index (χ2n) is 4.91. The number of nitrogens with two attached hydrogens (primary N) is 1. The molecule has 1 aromatic rings. The lowest BCUT2D eigenvalue weighted by Gasteiger charge is -2.24. The minimum Gasteiger partial charge on any atom is -0.324 e. The van der Waals surface area contributed by atoms with Crippen LogP contribution in [-0.2, 0) is 0 Å². The zero-order valence-electron chi connectivity index (χ0n) is 10.3. The van der Waals surface area contributed by atoms with E-state index in [4.69, 9.17) is 17.3 Å². The predicted molar refractivity (Wildman–Crippen MR) is 77.8 cm³/mol. The summed E-state index contributed by atoms with van der Waals surface area (Å²) < 4.78 is 0. The van der Waals surface area contributed by atoms with Crippen molar-refractivity contribution in [2.24, 2.45) is 11.7 Å². The fraction of sp³-hybridized carbons (Fsp3) is 0.571. The van der Waals surface area contributed by atoms with Crippen molar-refractivity contribution in [3.63, 3.8) is 0 Å². The average molecular weight is 270 g/mol. The van der Waals surface area contributed by atoms with Gasteiger partial charge in [-0.2, -0.15) is 11.8 Å². The zero-order valence-corrected chi connectivity index (χ0v) is 11.9. The lowest BCUT2D eigenvalue weighted by atomic mass is 9.91. The van der Waals surface area contributed by atoms with E-state index in [9.17, 15) is 0 Å². The molecule has 1 heterocycles. The Labute approximate surface area is 113 Å². The highest BCUT2D eigenvalue weighted by Crippen LogP contribution is 2.31. The summed E-state index contributed by atoms with van der Waals surface area (Å²) in [6.07, 6.45) is 3.73. The van der Waals surface area contributed by atoms with Crippen molar-refractivity contribution < 1.29 is 0 Å². The van der Waals surface area contributed by atoms with Crippen molar-refractivity contribution >= 4 is 23.4 Å². The van der Waals surface area contributed by atoms with Gasteiger partial charge in [-0.1, -0.05) is 23.7 Å². The summed E-state index contributed by atoms with van der Waals surface area (Å²) in [5.41, 5.74) is 8.58. The quantitative estimate of drug-likeness (QED) is 0.891. The molecule has 1 atom stereocenters. The van der Waals surface area contributed by atoms with Gasteiger partial charge in [-0.05, 0) is 60.8 Å². The van der Waals surface area contributed by atoms with Crippen LogP contribution in [0.4, 0.5) is 0 Å². The molecule has 94 valence electrons. The molecule has 3 heteroatoms. The Hall–Kier alpha value is -0.180. The van der Waals surface area contributed by atoms with Gasteiger partial charge in [-0.25, -0.2) is 0 Å². The second kappa shape index (κ2) is 6.12. The van der Waals surface area contributed by atoms with Crippen molar-refractivity contribution in [3.8, 4) is 0 Å². The Balaban J connectivity index is 1.98. The Bertz CT molecular complexity index is 374. The van der Waals surface area contributed by atoms with Gasteiger partial charge >= 0.3 is 0 Å². The normalized spacial score (nSPS) is 19.2. The molecule has 1 nitrogen and oxygen atoms in total. The standard InChI is InChI=1S/C14H20ClNS/c1-10-2-3-12(9-13(10)15)14(16)8-11-4-6-17-7-5-11/h2-3,9,11,14H,4-8,16H2,1H3. The summed E-state index contributed by atoms with van der Waals surface area (Å²) in [5, 5.41) is 0.831. The third kappa shape index (κ3) is 3.64. The first-order chi connectivity index (χ1) is 8.16. The Morgan fingerprint density at radius 3 is 2.76 bits per heavy atom. The maximum atomic E-state index is 6.28. The summed E-state index contributed by atoms with van der Waals surface area (Å²) in [7, 11) is 0. The van der Waals surface area contributed by atoms with Crippen molar-refractivity contribution in [2.75, 3.05) is 11.5 Å².